The highest BCUT2D eigenvalue weighted by molar-refractivity contribution is 6.99. The van der Waals surface area contributed by atoms with Crippen LogP contribution in [0.2, 0.25) is 5.15 Å². The molecule has 0 aliphatic carbocycles. The van der Waals surface area contributed by atoms with Gasteiger partial charge >= 0.3 is 0 Å². The van der Waals surface area contributed by atoms with Crippen LogP contribution < -0.4 is 9.47 Å². The molecule has 17 heavy (non-hydrogen) atoms. The van der Waals surface area contributed by atoms with E-state index in [1.807, 2.05) is 12.1 Å². The topological polar surface area (TPSA) is 44.2 Å². The Kier molecular flexibility index (Phi) is 4.17. The van der Waals surface area contributed by atoms with Gasteiger partial charge in [-0.1, -0.05) is 18.5 Å². The maximum Gasteiger partial charge on any atom is 0.270 e. The molecule has 2 aromatic rings. The highest BCUT2D eigenvalue weighted by Gasteiger charge is 2.07. The molecule has 4 nitrogen and oxygen atoms in total. The first kappa shape index (κ1) is 12.1. The van der Waals surface area contributed by atoms with E-state index in [1.165, 1.54) is 0 Å². The first-order valence-corrected chi connectivity index (χ1v) is 6.29. The van der Waals surface area contributed by atoms with Crippen molar-refractivity contribution in [1.29, 1.82) is 0 Å². The Balaban J connectivity index is 2.01. The Hall–Kier alpha value is -1.33. The second kappa shape index (κ2) is 5.84. The average Bonchev–Trinajstić information content (AvgIpc) is 2.74. The summed E-state index contributed by atoms with van der Waals surface area (Å²) in [6.07, 6.45) is 0.984. The second-order valence-corrected chi connectivity index (χ2v) is 4.17. The molecule has 0 fully saturated rings. The molecule has 0 radical (unpaired) electrons. The summed E-state index contributed by atoms with van der Waals surface area (Å²) < 4.78 is 18.7. The van der Waals surface area contributed by atoms with Gasteiger partial charge in [-0.15, -0.1) is 4.37 Å². The second-order valence-electron chi connectivity index (χ2n) is 3.28. The van der Waals surface area contributed by atoms with Crippen LogP contribution in [-0.4, -0.2) is 15.4 Å². The van der Waals surface area contributed by atoms with E-state index in [0.717, 1.165) is 23.9 Å². The van der Waals surface area contributed by atoms with Crippen molar-refractivity contribution < 1.29 is 9.47 Å². The van der Waals surface area contributed by atoms with Gasteiger partial charge in [0.1, 0.15) is 11.5 Å². The molecule has 0 aliphatic heterocycles. The van der Waals surface area contributed by atoms with Gasteiger partial charge < -0.3 is 9.47 Å². The molecule has 0 spiro atoms. The number of ether oxygens (including phenoxy) is 2. The molecule has 0 bridgehead atoms. The zero-order valence-corrected chi connectivity index (χ0v) is 10.8. The SMILES string of the molecule is CCCOc1ccc(Oc2nsnc2Cl)cc1. The minimum Gasteiger partial charge on any atom is -0.494 e. The quantitative estimate of drug-likeness (QED) is 0.829. The summed E-state index contributed by atoms with van der Waals surface area (Å²) in [6, 6.07) is 7.30. The lowest BCUT2D eigenvalue weighted by Crippen LogP contribution is -1.94. The fraction of sp³-hybridized carbons (Fsp3) is 0.273. The van der Waals surface area contributed by atoms with Crippen LogP contribution in [0.5, 0.6) is 17.4 Å². The van der Waals surface area contributed by atoms with Gasteiger partial charge in [0.15, 0.2) is 0 Å². The van der Waals surface area contributed by atoms with Crippen molar-refractivity contribution >= 4 is 23.3 Å². The van der Waals surface area contributed by atoms with Gasteiger partial charge in [0, 0.05) is 0 Å². The van der Waals surface area contributed by atoms with E-state index >= 15 is 0 Å². The van der Waals surface area contributed by atoms with Crippen molar-refractivity contribution in [3.8, 4) is 17.4 Å². The van der Waals surface area contributed by atoms with Crippen LogP contribution in [0.25, 0.3) is 0 Å². The lowest BCUT2D eigenvalue weighted by Gasteiger charge is -2.05. The maximum atomic E-state index is 5.78. The van der Waals surface area contributed by atoms with E-state index in [-0.39, 0.29) is 5.15 Å². The van der Waals surface area contributed by atoms with Crippen molar-refractivity contribution in [2.24, 2.45) is 0 Å². The molecule has 1 aromatic carbocycles. The Morgan fingerprint density at radius 3 is 2.47 bits per heavy atom. The van der Waals surface area contributed by atoms with Crippen molar-refractivity contribution in [3.63, 3.8) is 0 Å². The van der Waals surface area contributed by atoms with Crippen molar-refractivity contribution in [3.05, 3.63) is 29.4 Å². The molecule has 1 heterocycles. The number of rotatable bonds is 5. The van der Waals surface area contributed by atoms with Gasteiger partial charge in [0.2, 0.25) is 5.15 Å². The van der Waals surface area contributed by atoms with Crippen molar-refractivity contribution in [2.45, 2.75) is 13.3 Å². The summed E-state index contributed by atoms with van der Waals surface area (Å²) in [5, 5.41) is 0.279. The lowest BCUT2D eigenvalue weighted by atomic mass is 10.3. The number of hydrogen-bond donors (Lipinski definition) is 0. The van der Waals surface area contributed by atoms with E-state index in [0.29, 0.717) is 18.2 Å². The third kappa shape index (κ3) is 3.31. The largest absolute Gasteiger partial charge is 0.494 e. The van der Waals surface area contributed by atoms with Gasteiger partial charge in [-0.25, -0.2) is 0 Å². The molecule has 1 aromatic heterocycles. The maximum absolute atomic E-state index is 5.78. The van der Waals surface area contributed by atoms with Gasteiger partial charge in [-0.3, -0.25) is 0 Å². The summed E-state index contributed by atoms with van der Waals surface area (Å²) >= 11 is 6.79. The molecule has 6 heteroatoms. The van der Waals surface area contributed by atoms with Crippen LogP contribution >= 0.6 is 23.3 Å². The summed E-state index contributed by atoms with van der Waals surface area (Å²) in [4.78, 5) is 0. The molecular weight excluding hydrogens is 260 g/mol. The van der Waals surface area contributed by atoms with Gasteiger partial charge in [-0.2, -0.15) is 4.37 Å². The van der Waals surface area contributed by atoms with Gasteiger partial charge in [0.25, 0.3) is 5.88 Å². The number of benzene rings is 1. The molecule has 2 rings (SSSR count). The molecular formula is C11H11ClN2O2S. The monoisotopic (exact) mass is 270 g/mol. The Labute approximate surface area is 108 Å². The van der Waals surface area contributed by atoms with Crippen molar-refractivity contribution in [1.82, 2.24) is 8.75 Å². The van der Waals surface area contributed by atoms with Crippen LogP contribution in [0.1, 0.15) is 13.3 Å². The predicted octanol–water partition coefficient (Wildman–Crippen LogP) is 3.77. The molecule has 0 unspecified atom stereocenters. The third-order valence-corrected chi connectivity index (χ3v) is 2.79. The molecule has 0 saturated carbocycles. The minimum absolute atomic E-state index is 0.279. The average molecular weight is 271 g/mol. The first-order valence-electron chi connectivity index (χ1n) is 5.18. The van der Waals surface area contributed by atoms with E-state index in [4.69, 9.17) is 21.1 Å². The zero-order chi connectivity index (χ0) is 12.1. The van der Waals surface area contributed by atoms with Crippen molar-refractivity contribution in [2.75, 3.05) is 6.61 Å². The van der Waals surface area contributed by atoms with Gasteiger partial charge in [-0.05, 0) is 30.7 Å². The number of hydrogen-bond acceptors (Lipinski definition) is 5. The van der Waals surface area contributed by atoms with Crippen LogP contribution in [0.15, 0.2) is 24.3 Å². The van der Waals surface area contributed by atoms with Crippen LogP contribution in [0.3, 0.4) is 0 Å². The molecule has 0 saturated heterocycles. The minimum atomic E-state index is 0.279. The fourth-order valence-electron chi connectivity index (χ4n) is 1.17. The summed E-state index contributed by atoms with van der Waals surface area (Å²) in [5.74, 6) is 1.81. The summed E-state index contributed by atoms with van der Waals surface area (Å²) in [5.41, 5.74) is 0. The zero-order valence-electron chi connectivity index (χ0n) is 9.22. The predicted molar refractivity (Wildman–Crippen MR) is 67.2 cm³/mol. The van der Waals surface area contributed by atoms with Gasteiger partial charge in [0.05, 0.1) is 18.3 Å². The highest BCUT2D eigenvalue weighted by atomic mass is 35.5. The summed E-state index contributed by atoms with van der Waals surface area (Å²) in [7, 11) is 0. The molecule has 0 aliphatic rings. The molecule has 0 atom stereocenters. The van der Waals surface area contributed by atoms with E-state index in [9.17, 15) is 0 Å². The summed E-state index contributed by atoms with van der Waals surface area (Å²) in [6.45, 7) is 2.77. The van der Waals surface area contributed by atoms with E-state index in [2.05, 4.69) is 15.7 Å². The van der Waals surface area contributed by atoms with Crippen LogP contribution in [0, 0.1) is 0 Å². The fourth-order valence-corrected chi connectivity index (χ4v) is 1.78. The normalized spacial score (nSPS) is 10.2. The third-order valence-electron chi connectivity index (χ3n) is 1.93. The first-order chi connectivity index (χ1) is 8.29. The molecule has 0 N–H and O–H groups in total. The number of aromatic nitrogens is 2. The smallest absolute Gasteiger partial charge is 0.270 e. The Morgan fingerprint density at radius 1 is 1.18 bits per heavy atom. The lowest BCUT2D eigenvalue weighted by molar-refractivity contribution is 0.317. The Morgan fingerprint density at radius 2 is 1.88 bits per heavy atom. The van der Waals surface area contributed by atoms with E-state index in [1.54, 1.807) is 12.1 Å². The number of halogens is 1. The van der Waals surface area contributed by atoms with E-state index < -0.39 is 0 Å². The standard InChI is InChI=1S/C11H11ClN2O2S/c1-2-7-15-8-3-5-9(6-4-8)16-11-10(12)13-17-14-11/h3-6H,2,7H2,1H3. The molecule has 90 valence electrons. The highest BCUT2D eigenvalue weighted by Crippen LogP contribution is 2.27. The Bertz CT molecular complexity index is 473. The van der Waals surface area contributed by atoms with Crippen LogP contribution in [0.4, 0.5) is 0 Å². The number of nitrogens with zero attached hydrogens (tertiary/aromatic N) is 2. The molecule has 0 amide bonds. The van der Waals surface area contributed by atoms with Crippen LogP contribution in [-0.2, 0) is 0 Å².